The molecule has 0 saturated carbocycles. The first kappa shape index (κ1) is 23.4. The van der Waals surface area contributed by atoms with Gasteiger partial charge in [-0.05, 0) is 47.6 Å². The standard InChI is InChI=1S/C23H15F5N4O/c24-16-6-7-17(18(25)10-16)15(5-8-20(30)23(26,27)28)9-21-31-19(11-22(33)32-21)14-3-1-13(12-29)2-4-14/h1-11,21,30-31H,(H,32,33)/b8-5-,15-9+,30-20?. The first-order valence-corrected chi connectivity index (χ1v) is 9.37. The molecule has 33 heavy (non-hydrogen) atoms. The number of halogens is 5. The number of allylic oxidation sites excluding steroid dienone is 3. The Morgan fingerprint density at radius 3 is 2.36 bits per heavy atom. The average Bonchev–Trinajstić information content (AvgIpc) is 2.75. The van der Waals surface area contributed by atoms with Crippen molar-refractivity contribution < 1.29 is 26.7 Å². The number of rotatable bonds is 5. The summed E-state index contributed by atoms with van der Waals surface area (Å²) in [7, 11) is 0. The lowest BCUT2D eigenvalue weighted by Gasteiger charge is -2.25. The molecule has 168 valence electrons. The molecule has 0 aliphatic carbocycles. The third kappa shape index (κ3) is 5.92. The molecule has 1 aliphatic heterocycles. The molecule has 1 amide bonds. The van der Waals surface area contributed by atoms with Gasteiger partial charge in [-0.2, -0.15) is 18.4 Å². The predicted molar refractivity (Wildman–Crippen MR) is 111 cm³/mol. The highest BCUT2D eigenvalue weighted by molar-refractivity contribution is 5.99. The monoisotopic (exact) mass is 458 g/mol. The van der Waals surface area contributed by atoms with Gasteiger partial charge >= 0.3 is 6.18 Å². The largest absolute Gasteiger partial charge is 0.432 e. The molecule has 0 bridgehead atoms. The lowest BCUT2D eigenvalue weighted by atomic mass is 10.0. The number of carbonyl (C=O) groups excluding carboxylic acids is 1. The minimum atomic E-state index is -4.91. The second kappa shape index (κ2) is 9.48. The van der Waals surface area contributed by atoms with E-state index in [1.54, 1.807) is 24.3 Å². The number of nitriles is 1. The Hall–Kier alpha value is -4.26. The van der Waals surface area contributed by atoms with E-state index < -0.39 is 35.6 Å². The molecule has 2 aromatic carbocycles. The lowest BCUT2D eigenvalue weighted by Crippen LogP contribution is -2.46. The molecule has 5 nitrogen and oxygen atoms in total. The van der Waals surface area contributed by atoms with Crippen LogP contribution in [0, 0.1) is 28.4 Å². The molecule has 3 N–H and O–H groups in total. The van der Waals surface area contributed by atoms with Crippen molar-refractivity contribution in [3.05, 3.63) is 95.1 Å². The topological polar surface area (TPSA) is 88.8 Å². The first-order chi connectivity index (χ1) is 15.6. The minimum Gasteiger partial charge on any atom is -0.361 e. The fourth-order valence-corrected chi connectivity index (χ4v) is 2.95. The summed E-state index contributed by atoms with van der Waals surface area (Å²) in [5.74, 6) is -2.44. The first-order valence-electron chi connectivity index (χ1n) is 9.37. The summed E-state index contributed by atoms with van der Waals surface area (Å²) in [6.45, 7) is 0. The Labute approximate surface area is 185 Å². The van der Waals surface area contributed by atoms with Crippen molar-refractivity contribution in [2.45, 2.75) is 12.3 Å². The fraction of sp³-hybridized carbons (Fsp3) is 0.0870. The molecule has 3 rings (SSSR count). The molecule has 2 aromatic rings. The smallest absolute Gasteiger partial charge is 0.361 e. The molecule has 1 aliphatic rings. The highest BCUT2D eigenvalue weighted by Crippen LogP contribution is 2.24. The van der Waals surface area contributed by atoms with Gasteiger partial charge in [0.05, 0.1) is 11.6 Å². The van der Waals surface area contributed by atoms with Crippen LogP contribution in [0.3, 0.4) is 0 Å². The van der Waals surface area contributed by atoms with E-state index in [0.717, 1.165) is 18.2 Å². The zero-order chi connectivity index (χ0) is 24.2. The summed E-state index contributed by atoms with van der Waals surface area (Å²) < 4.78 is 65.9. The van der Waals surface area contributed by atoms with Crippen LogP contribution in [-0.4, -0.2) is 24.0 Å². The van der Waals surface area contributed by atoms with Gasteiger partial charge in [-0.25, -0.2) is 8.78 Å². The number of nitrogens with zero attached hydrogens (tertiary/aromatic N) is 1. The van der Waals surface area contributed by atoms with Gasteiger partial charge in [0.15, 0.2) is 0 Å². The van der Waals surface area contributed by atoms with Crippen LogP contribution in [0.25, 0.3) is 11.3 Å². The van der Waals surface area contributed by atoms with Crippen molar-refractivity contribution in [3.63, 3.8) is 0 Å². The third-order valence-corrected chi connectivity index (χ3v) is 4.53. The van der Waals surface area contributed by atoms with Crippen LogP contribution in [0.2, 0.25) is 0 Å². The fourth-order valence-electron chi connectivity index (χ4n) is 2.95. The van der Waals surface area contributed by atoms with Crippen molar-refractivity contribution in [1.82, 2.24) is 10.6 Å². The third-order valence-electron chi connectivity index (χ3n) is 4.53. The van der Waals surface area contributed by atoms with E-state index in [2.05, 4.69) is 10.6 Å². The molecule has 1 unspecified atom stereocenters. The van der Waals surface area contributed by atoms with Gasteiger partial charge < -0.3 is 10.6 Å². The summed E-state index contributed by atoms with van der Waals surface area (Å²) in [4.78, 5) is 12.2. The van der Waals surface area contributed by atoms with E-state index in [4.69, 9.17) is 10.7 Å². The zero-order valence-corrected chi connectivity index (χ0v) is 16.7. The Morgan fingerprint density at radius 1 is 1.06 bits per heavy atom. The van der Waals surface area contributed by atoms with Crippen molar-refractivity contribution in [2.75, 3.05) is 0 Å². The summed E-state index contributed by atoms with van der Waals surface area (Å²) in [5, 5.41) is 21.5. The van der Waals surface area contributed by atoms with E-state index in [9.17, 15) is 26.7 Å². The molecule has 0 saturated heterocycles. The van der Waals surface area contributed by atoms with Gasteiger partial charge in [-0.3, -0.25) is 10.2 Å². The highest BCUT2D eigenvalue weighted by Gasteiger charge is 2.32. The number of benzene rings is 2. The highest BCUT2D eigenvalue weighted by atomic mass is 19.4. The molecular weight excluding hydrogens is 443 g/mol. The van der Waals surface area contributed by atoms with Gasteiger partial charge in [-0.15, -0.1) is 0 Å². The zero-order valence-electron chi connectivity index (χ0n) is 16.7. The molecule has 1 heterocycles. The van der Waals surface area contributed by atoms with Gasteiger partial charge in [0.2, 0.25) is 5.91 Å². The molecule has 0 radical (unpaired) electrons. The number of carbonyl (C=O) groups is 1. The van der Waals surface area contributed by atoms with E-state index in [1.165, 1.54) is 12.2 Å². The SMILES string of the molecule is N#Cc1ccc(C2=CC(=O)NC(/C=C(\C=C/C(=N)C(F)(F)F)c3ccc(F)cc3F)N2)cc1. The van der Waals surface area contributed by atoms with E-state index in [1.807, 2.05) is 6.07 Å². The predicted octanol–water partition coefficient (Wildman–Crippen LogP) is 4.44. The second-order valence-electron chi connectivity index (χ2n) is 6.87. The average molecular weight is 458 g/mol. The number of nitrogens with one attached hydrogen (secondary N) is 3. The van der Waals surface area contributed by atoms with Crippen molar-refractivity contribution >= 4 is 22.9 Å². The Kier molecular flexibility index (Phi) is 6.72. The van der Waals surface area contributed by atoms with E-state index in [0.29, 0.717) is 29.0 Å². The van der Waals surface area contributed by atoms with Gasteiger partial charge in [0, 0.05) is 23.4 Å². The minimum absolute atomic E-state index is 0.125. The molecule has 0 aromatic heterocycles. The van der Waals surface area contributed by atoms with Crippen LogP contribution in [0.4, 0.5) is 22.0 Å². The summed E-state index contributed by atoms with van der Waals surface area (Å²) in [6, 6.07) is 10.8. The van der Waals surface area contributed by atoms with Crippen molar-refractivity contribution in [3.8, 4) is 6.07 Å². The quantitative estimate of drug-likeness (QED) is 0.352. The van der Waals surface area contributed by atoms with Gasteiger partial charge in [-0.1, -0.05) is 18.2 Å². The Bertz CT molecular complexity index is 1220. The Morgan fingerprint density at radius 2 is 1.76 bits per heavy atom. The van der Waals surface area contributed by atoms with Crippen LogP contribution in [-0.2, 0) is 4.79 Å². The second-order valence-corrected chi connectivity index (χ2v) is 6.87. The molecule has 0 fully saturated rings. The van der Waals surface area contributed by atoms with E-state index in [-0.39, 0.29) is 11.1 Å². The number of alkyl halides is 3. The number of hydrogen-bond donors (Lipinski definition) is 3. The van der Waals surface area contributed by atoms with Gasteiger partial charge in [0.25, 0.3) is 0 Å². The molecule has 10 heteroatoms. The summed E-state index contributed by atoms with van der Waals surface area (Å²) in [5.41, 5.74) is -0.702. The van der Waals surface area contributed by atoms with Crippen molar-refractivity contribution in [2.24, 2.45) is 0 Å². The van der Waals surface area contributed by atoms with Crippen molar-refractivity contribution in [1.29, 1.82) is 10.7 Å². The van der Waals surface area contributed by atoms with Crippen LogP contribution in [0.1, 0.15) is 16.7 Å². The normalized spacial score (nSPS) is 16.6. The maximum absolute atomic E-state index is 14.4. The van der Waals surface area contributed by atoms with Crippen LogP contribution in [0.5, 0.6) is 0 Å². The maximum atomic E-state index is 14.4. The maximum Gasteiger partial charge on any atom is 0.432 e. The Balaban J connectivity index is 1.98. The van der Waals surface area contributed by atoms with Crippen LogP contribution >= 0.6 is 0 Å². The molecular formula is C23H15F5N4O. The summed E-state index contributed by atoms with van der Waals surface area (Å²) in [6.07, 6.45) is -2.09. The lowest BCUT2D eigenvalue weighted by molar-refractivity contribution is -0.117. The number of hydrogen-bond acceptors (Lipinski definition) is 4. The van der Waals surface area contributed by atoms with Gasteiger partial charge in [0.1, 0.15) is 23.5 Å². The van der Waals surface area contributed by atoms with Crippen LogP contribution < -0.4 is 10.6 Å². The van der Waals surface area contributed by atoms with Crippen LogP contribution in [0.15, 0.2) is 66.8 Å². The summed E-state index contributed by atoms with van der Waals surface area (Å²) >= 11 is 0. The number of amides is 1. The van der Waals surface area contributed by atoms with E-state index >= 15 is 0 Å². The molecule has 0 spiro atoms. The molecule has 1 atom stereocenters.